The van der Waals surface area contributed by atoms with Gasteiger partial charge in [-0.3, -0.25) is 4.90 Å². The Balaban J connectivity index is 1.32. The molecule has 2 aromatic heterocycles. The van der Waals surface area contributed by atoms with Gasteiger partial charge in [0.2, 0.25) is 11.9 Å². The summed E-state index contributed by atoms with van der Waals surface area (Å²) in [4.78, 5) is 13.4. The first kappa shape index (κ1) is 31.1. The maximum absolute atomic E-state index is 5.55. The number of nitrogens with zero attached hydrogens (tertiary/aromatic N) is 5. The van der Waals surface area contributed by atoms with Crippen molar-refractivity contribution in [2.45, 2.75) is 20.8 Å². The van der Waals surface area contributed by atoms with Gasteiger partial charge in [-0.15, -0.1) is 0 Å². The van der Waals surface area contributed by atoms with Crippen LogP contribution in [0.3, 0.4) is 0 Å². The lowest BCUT2D eigenvalue weighted by Gasteiger charge is -2.36. The maximum atomic E-state index is 5.55. The van der Waals surface area contributed by atoms with E-state index in [2.05, 4.69) is 198 Å². The van der Waals surface area contributed by atoms with Gasteiger partial charge in [0.05, 0.1) is 27.8 Å². The number of benzene rings is 7. The summed E-state index contributed by atoms with van der Waals surface area (Å²) < 4.78 is 4.88. The van der Waals surface area contributed by atoms with Crippen molar-refractivity contribution in [2.24, 2.45) is 0 Å². The Kier molecular flexibility index (Phi) is 7.19. The molecule has 0 saturated heterocycles. The number of aryl methyl sites for hydroxylation is 3. The molecular weight excluding hydrogens is 645 g/mol. The zero-order valence-electron chi connectivity index (χ0n) is 29.9. The number of para-hydroxylation sites is 1. The molecule has 0 radical (unpaired) electrons. The average Bonchev–Trinajstić information content (AvgIpc) is 3.76. The molecule has 0 aliphatic carbocycles. The highest BCUT2D eigenvalue weighted by molar-refractivity contribution is 6.74. The molecule has 0 fully saturated rings. The van der Waals surface area contributed by atoms with Crippen LogP contribution in [0.2, 0.25) is 0 Å². The number of hydrogen-bond donors (Lipinski definition) is 0. The molecule has 0 amide bonds. The Morgan fingerprint density at radius 3 is 1.40 bits per heavy atom. The van der Waals surface area contributed by atoms with Crippen LogP contribution >= 0.6 is 0 Å². The highest BCUT2D eigenvalue weighted by Gasteiger charge is 2.42. The van der Waals surface area contributed by atoms with Gasteiger partial charge in [0.15, 0.2) is 0 Å². The molecule has 0 N–H and O–H groups in total. The van der Waals surface area contributed by atoms with Crippen LogP contribution in [-0.2, 0) is 0 Å². The lowest BCUT2D eigenvalue weighted by Crippen LogP contribution is -2.52. The summed E-state index contributed by atoms with van der Waals surface area (Å²) in [6.07, 6.45) is 0. The number of hydrogen-bond acceptors (Lipinski definition) is 3. The van der Waals surface area contributed by atoms with E-state index < -0.39 is 0 Å². The van der Waals surface area contributed by atoms with Gasteiger partial charge >= 0.3 is 6.98 Å². The van der Waals surface area contributed by atoms with E-state index >= 15 is 0 Å². The molecule has 3 heterocycles. The van der Waals surface area contributed by atoms with Gasteiger partial charge in [-0.2, -0.15) is 0 Å². The van der Waals surface area contributed by atoms with E-state index in [0.29, 0.717) is 0 Å². The van der Waals surface area contributed by atoms with Gasteiger partial charge in [-0.05, 0) is 84.4 Å². The van der Waals surface area contributed by atoms with Crippen LogP contribution in [0.1, 0.15) is 16.7 Å². The Hall–Kier alpha value is -6.66. The molecule has 252 valence electrons. The van der Waals surface area contributed by atoms with Crippen molar-refractivity contribution in [2.75, 3.05) is 4.90 Å². The quantitative estimate of drug-likeness (QED) is 0.170. The number of fused-ring (bicyclic) bond motifs is 6. The van der Waals surface area contributed by atoms with Crippen LogP contribution in [0.5, 0.6) is 0 Å². The molecule has 0 bridgehead atoms. The minimum Gasteiger partial charge on any atom is -0.329 e. The Bertz CT molecular complexity index is 2670. The van der Waals surface area contributed by atoms with Crippen molar-refractivity contribution >= 4 is 52.1 Å². The number of anilines is 3. The molecule has 7 aromatic carbocycles. The fourth-order valence-corrected chi connectivity index (χ4v) is 8.40. The molecule has 0 saturated carbocycles. The zero-order valence-corrected chi connectivity index (χ0v) is 29.9. The Morgan fingerprint density at radius 1 is 0.434 bits per heavy atom. The van der Waals surface area contributed by atoms with Crippen LogP contribution in [-0.4, -0.2) is 25.9 Å². The summed E-state index contributed by atoms with van der Waals surface area (Å²) in [6.45, 7) is 6.43. The van der Waals surface area contributed by atoms with Crippen molar-refractivity contribution < 1.29 is 0 Å². The van der Waals surface area contributed by atoms with Gasteiger partial charge in [0.1, 0.15) is 0 Å². The third kappa shape index (κ3) is 5.01. The minimum absolute atomic E-state index is 0.235. The fourth-order valence-electron chi connectivity index (χ4n) is 8.40. The predicted octanol–water partition coefficient (Wildman–Crippen LogP) is 10.9. The largest absolute Gasteiger partial charge is 0.426 e. The summed E-state index contributed by atoms with van der Waals surface area (Å²) in [5.74, 6) is 1.67. The van der Waals surface area contributed by atoms with Gasteiger partial charge < -0.3 is 8.96 Å². The third-order valence-corrected chi connectivity index (χ3v) is 10.7. The molecule has 53 heavy (non-hydrogen) atoms. The van der Waals surface area contributed by atoms with Gasteiger partial charge in [-0.1, -0.05) is 150 Å². The summed E-state index contributed by atoms with van der Waals surface area (Å²) in [6, 6.07) is 58.4. The number of rotatable bonds is 5. The number of imidazole rings is 2. The van der Waals surface area contributed by atoms with E-state index in [1.807, 2.05) is 0 Å². The first-order valence-electron chi connectivity index (χ1n) is 18.2. The molecule has 1 aliphatic heterocycles. The molecule has 5 nitrogen and oxygen atoms in total. The summed E-state index contributed by atoms with van der Waals surface area (Å²) in [7, 11) is 0. The van der Waals surface area contributed by atoms with Crippen LogP contribution in [0.4, 0.5) is 17.6 Å². The molecule has 6 heteroatoms. The second kappa shape index (κ2) is 12.2. The third-order valence-electron chi connectivity index (χ3n) is 10.7. The predicted molar refractivity (Wildman–Crippen MR) is 221 cm³/mol. The lowest BCUT2D eigenvalue weighted by atomic mass is 9.62. The molecule has 1 aliphatic rings. The van der Waals surface area contributed by atoms with Crippen LogP contribution in [0, 0.1) is 20.8 Å². The normalized spacial score (nSPS) is 12.4. The summed E-state index contributed by atoms with van der Waals surface area (Å²) in [5.41, 5.74) is 16.9. The fraction of sp³-hybridized carbons (Fsp3) is 0.0638. The second-order valence-electron chi connectivity index (χ2n) is 14.1. The molecule has 10 rings (SSSR count). The van der Waals surface area contributed by atoms with Crippen LogP contribution in [0.25, 0.3) is 55.4 Å². The number of aromatic nitrogens is 4. The standard InChI is InChI=1S/C47H36BN5/c1-31-27-32(2)45(33(3)28-31)48-52-43-25-23-37(34-15-7-4-8-16-34)29-40(43)49-46(52)51(42-22-14-13-21-39(42)36-19-11-6-12-20-36)47-50-41-30-38(24-26-44(41)53(47)48)35-17-9-5-10-18-35/h4-30H,1-3H3. The second-order valence-corrected chi connectivity index (χ2v) is 14.1. The monoisotopic (exact) mass is 681 g/mol. The van der Waals surface area contributed by atoms with E-state index in [1.54, 1.807) is 0 Å². The SMILES string of the molecule is Cc1cc(C)c(B2n3c(nc4cc(-c5ccccc5)ccc43)N(c3ccccc3-c3ccccc3)c3nc4cc(-c5ccccc5)ccc4n32)c(C)c1. The molecule has 0 atom stereocenters. The highest BCUT2D eigenvalue weighted by atomic mass is 15.4. The average molecular weight is 682 g/mol. The van der Waals surface area contributed by atoms with Gasteiger partial charge in [0.25, 0.3) is 0 Å². The lowest BCUT2D eigenvalue weighted by molar-refractivity contribution is 0.960. The molecule has 0 unspecified atom stereocenters. The first-order chi connectivity index (χ1) is 26.0. The molecular formula is C47H36BN5. The minimum atomic E-state index is -0.235. The summed E-state index contributed by atoms with van der Waals surface area (Å²) >= 11 is 0. The van der Waals surface area contributed by atoms with E-state index in [0.717, 1.165) is 61.9 Å². The van der Waals surface area contributed by atoms with E-state index in [9.17, 15) is 0 Å². The van der Waals surface area contributed by atoms with Crippen LogP contribution in [0.15, 0.2) is 164 Å². The smallest absolute Gasteiger partial charge is 0.329 e. The van der Waals surface area contributed by atoms with Crippen LogP contribution < -0.4 is 10.4 Å². The van der Waals surface area contributed by atoms with Gasteiger partial charge in [0, 0.05) is 5.56 Å². The molecule has 9 aromatic rings. The van der Waals surface area contributed by atoms with Crippen molar-refractivity contribution in [3.63, 3.8) is 0 Å². The molecule has 0 spiro atoms. The van der Waals surface area contributed by atoms with Crippen molar-refractivity contribution in [3.05, 3.63) is 180 Å². The maximum Gasteiger partial charge on any atom is 0.426 e. The topological polar surface area (TPSA) is 38.9 Å². The first-order valence-corrected chi connectivity index (χ1v) is 18.2. The Morgan fingerprint density at radius 2 is 0.887 bits per heavy atom. The van der Waals surface area contributed by atoms with E-state index in [1.165, 1.54) is 33.3 Å². The van der Waals surface area contributed by atoms with Crippen molar-refractivity contribution in [3.8, 4) is 33.4 Å². The Labute approximate surface area is 309 Å². The summed E-state index contributed by atoms with van der Waals surface area (Å²) in [5, 5.41) is 0. The van der Waals surface area contributed by atoms with Crippen molar-refractivity contribution in [1.82, 2.24) is 18.9 Å². The van der Waals surface area contributed by atoms with E-state index in [-0.39, 0.29) is 6.98 Å². The van der Waals surface area contributed by atoms with E-state index in [4.69, 9.17) is 9.97 Å². The van der Waals surface area contributed by atoms with Gasteiger partial charge in [-0.25, -0.2) is 9.97 Å². The highest BCUT2D eigenvalue weighted by Crippen LogP contribution is 2.45. The van der Waals surface area contributed by atoms with Crippen molar-refractivity contribution in [1.29, 1.82) is 0 Å². The zero-order chi connectivity index (χ0) is 35.6.